The predicted molar refractivity (Wildman–Crippen MR) is 171 cm³/mol. The van der Waals surface area contributed by atoms with Crippen molar-refractivity contribution in [1.82, 2.24) is 24.8 Å². The molecule has 240 valence electrons. The van der Waals surface area contributed by atoms with Gasteiger partial charge in [-0.3, -0.25) is 0 Å². The molecule has 46 heavy (non-hydrogen) atoms. The molecule has 3 heterocycles. The van der Waals surface area contributed by atoms with Crippen LogP contribution in [0.5, 0.6) is 5.75 Å². The standard InChI is InChI=1S/C34H33ClF4N6O/c35-30-16-26(7-10-32(30)46-21-23-5-3-6-25(36)15-23)43-33-28-17-27(8-9-31(28)41-22-42-33)45-19-24(29(20-45)34(37,38)39)18-40-11-4-14-44-12-1-2-13-44/h3,5-10,15-17,19-20,22,40H,1-2,4,11-14,18,21H2,(H,41,42,43). The van der Waals surface area contributed by atoms with Crippen molar-refractivity contribution in [1.29, 1.82) is 0 Å². The Balaban J connectivity index is 1.17. The summed E-state index contributed by atoms with van der Waals surface area (Å²) in [6, 6.07) is 16.5. The molecule has 0 amide bonds. The largest absolute Gasteiger partial charge is 0.487 e. The van der Waals surface area contributed by atoms with Crippen molar-refractivity contribution in [3.05, 3.63) is 107 Å². The van der Waals surface area contributed by atoms with Crippen molar-refractivity contribution in [3.8, 4) is 11.4 Å². The van der Waals surface area contributed by atoms with Crippen LogP contribution in [0.3, 0.4) is 0 Å². The normalized spacial score (nSPS) is 13.8. The molecular formula is C34H33ClF4N6O. The minimum Gasteiger partial charge on any atom is -0.487 e. The minimum atomic E-state index is -4.49. The van der Waals surface area contributed by atoms with Crippen LogP contribution >= 0.6 is 11.6 Å². The van der Waals surface area contributed by atoms with E-state index in [0.29, 0.717) is 51.0 Å². The summed E-state index contributed by atoms with van der Waals surface area (Å²) in [5.74, 6) is 0.538. The van der Waals surface area contributed by atoms with Crippen molar-refractivity contribution < 1.29 is 22.3 Å². The summed E-state index contributed by atoms with van der Waals surface area (Å²) in [6.45, 7) is 4.07. The number of hydrogen-bond acceptors (Lipinski definition) is 6. The molecule has 1 aliphatic rings. The maximum atomic E-state index is 14.0. The number of nitrogens with one attached hydrogen (secondary N) is 2. The summed E-state index contributed by atoms with van der Waals surface area (Å²) in [5, 5.41) is 7.38. The van der Waals surface area contributed by atoms with E-state index >= 15 is 0 Å². The first-order valence-electron chi connectivity index (χ1n) is 15.1. The average molecular weight is 653 g/mol. The Morgan fingerprint density at radius 2 is 1.80 bits per heavy atom. The minimum absolute atomic E-state index is 0.119. The SMILES string of the molecule is Fc1cccc(COc2ccc(Nc3ncnc4ccc(-n5cc(CNCCCN6CCCC6)c(C(F)(F)F)c5)cc34)cc2Cl)c1. The highest BCUT2D eigenvalue weighted by Crippen LogP contribution is 2.35. The molecule has 0 unspecified atom stereocenters. The lowest BCUT2D eigenvalue weighted by Gasteiger charge is -2.14. The monoisotopic (exact) mass is 652 g/mol. The number of halogens is 5. The fraction of sp³-hybridized carbons (Fsp3) is 0.294. The molecule has 1 fully saturated rings. The van der Waals surface area contributed by atoms with E-state index in [2.05, 4.69) is 25.5 Å². The highest BCUT2D eigenvalue weighted by Gasteiger charge is 2.35. The molecule has 0 spiro atoms. The maximum Gasteiger partial charge on any atom is 0.418 e. The van der Waals surface area contributed by atoms with Crippen molar-refractivity contribution >= 4 is 34.0 Å². The van der Waals surface area contributed by atoms with E-state index in [9.17, 15) is 17.6 Å². The van der Waals surface area contributed by atoms with Gasteiger partial charge in [0.15, 0.2) is 0 Å². The first-order valence-corrected chi connectivity index (χ1v) is 15.5. The molecule has 12 heteroatoms. The van der Waals surface area contributed by atoms with E-state index in [1.54, 1.807) is 48.5 Å². The van der Waals surface area contributed by atoms with Gasteiger partial charge in [0.25, 0.3) is 0 Å². The highest BCUT2D eigenvalue weighted by atomic mass is 35.5. The number of nitrogens with zero attached hydrogens (tertiary/aromatic N) is 4. The van der Waals surface area contributed by atoms with Crippen molar-refractivity contribution in [2.45, 2.75) is 38.6 Å². The van der Waals surface area contributed by atoms with Crippen LogP contribution in [0.4, 0.5) is 29.1 Å². The molecule has 0 saturated carbocycles. The van der Waals surface area contributed by atoms with Gasteiger partial charge in [-0.25, -0.2) is 14.4 Å². The van der Waals surface area contributed by atoms with Gasteiger partial charge in [0, 0.05) is 35.7 Å². The molecule has 7 nitrogen and oxygen atoms in total. The number of aromatic nitrogens is 3. The van der Waals surface area contributed by atoms with Gasteiger partial charge in [-0.05, 0) is 105 Å². The second-order valence-corrected chi connectivity index (χ2v) is 11.7. The lowest BCUT2D eigenvalue weighted by Crippen LogP contribution is -2.25. The lowest BCUT2D eigenvalue weighted by atomic mass is 10.2. The highest BCUT2D eigenvalue weighted by molar-refractivity contribution is 6.32. The Labute approximate surface area is 269 Å². The van der Waals surface area contributed by atoms with E-state index in [4.69, 9.17) is 16.3 Å². The lowest BCUT2D eigenvalue weighted by molar-refractivity contribution is -0.138. The Morgan fingerprint density at radius 1 is 0.957 bits per heavy atom. The van der Waals surface area contributed by atoms with Crippen molar-refractivity contribution in [2.24, 2.45) is 0 Å². The zero-order chi connectivity index (χ0) is 32.1. The summed E-state index contributed by atoms with van der Waals surface area (Å²) < 4.78 is 62.8. The van der Waals surface area contributed by atoms with E-state index in [0.717, 1.165) is 32.3 Å². The van der Waals surface area contributed by atoms with Gasteiger partial charge in [0.1, 0.15) is 30.3 Å². The summed E-state index contributed by atoms with van der Waals surface area (Å²) >= 11 is 6.48. The Kier molecular flexibility index (Phi) is 9.72. The predicted octanol–water partition coefficient (Wildman–Crippen LogP) is 8.13. The molecule has 0 radical (unpaired) electrons. The summed E-state index contributed by atoms with van der Waals surface area (Å²) in [6.07, 6.45) is 2.89. The number of fused-ring (bicyclic) bond motifs is 1. The molecule has 0 aliphatic carbocycles. The maximum absolute atomic E-state index is 14.0. The molecule has 2 aromatic heterocycles. The van der Waals surface area contributed by atoms with Crippen LogP contribution in [0.15, 0.2) is 79.4 Å². The molecule has 1 saturated heterocycles. The fourth-order valence-corrected chi connectivity index (χ4v) is 5.86. The summed E-state index contributed by atoms with van der Waals surface area (Å²) in [5.41, 5.74) is 1.96. The molecule has 0 atom stereocenters. The number of hydrogen-bond donors (Lipinski definition) is 2. The smallest absolute Gasteiger partial charge is 0.418 e. The third-order valence-corrected chi connectivity index (χ3v) is 8.25. The van der Waals surface area contributed by atoms with Crippen LogP contribution in [0, 0.1) is 5.82 Å². The number of likely N-dealkylation sites (tertiary alicyclic amines) is 1. The number of anilines is 2. The number of benzene rings is 3. The van der Waals surface area contributed by atoms with Crippen molar-refractivity contribution in [2.75, 3.05) is 31.5 Å². The van der Waals surface area contributed by atoms with E-state index in [-0.39, 0.29) is 24.5 Å². The Morgan fingerprint density at radius 3 is 2.59 bits per heavy atom. The zero-order valence-electron chi connectivity index (χ0n) is 25.0. The third kappa shape index (κ3) is 7.78. The Bertz CT molecular complexity index is 1800. The second kappa shape index (κ2) is 14.1. The number of rotatable bonds is 12. The van der Waals surface area contributed by atoms with E-state index < -0.39 is 11.7 Å². The van der Waals surface area contributed by atoms with Gasteiger partial charge in [-0.2, -0.15) is 13.2 Å². The number of ether oxygens (including phenoxy) is 1. The van der Waals surface area contributed by atoms with Crippen LogP contribution in [-0.2, 0) is 19.3 Å². The number of alkyl halides is 3. The Hall–Kier alpha value is -4.19. The summed E-state index contributed by atoms with van der Waals surface area (Å²) in [7, 11) is 0. The average Bonchev–Trinajstić information content (AvgIpc) is 3.71. The summed E-state index contributed by atoms with van der Waals surface area (Å²) in [4.78, 5) is 11.1. The second-order valence-electron chi connectivity index (χ2n) is 11.3. The fourth-order valence-electron chi connectivity index (χ4n) is 5.62. The molecule has 2 N–H and O–H groups in total. The molecule has 5 aromatic rings. The molecule has 3 aromatic carbocycles. The van der Waals surface area contributed by atoms with Gasteiger partial charge in [-0.15, -0.1) is 0 Å². The first kappa shape index (κ1) is 31.8. The van der Waals surface area contributed by atoms with Crippen LogP contribution in [0.25, 0.3) is 16.6 Å². The van der Waals surface area contributed by atoms with Gasteiger partial charge in [0.2, 0.25) is 0 Å². The van der Waals surface area contributed by atoms with Gasteiger partial charge in [-0.1, -0.05) is 23.7 Å². The third-order valence-electron chi connectivity index (χ3n) is 7.95. The quantitative estimate of drug-likeness (QED) is 0.105. The first-order chi connectivity index (χ1) is 22.2. The van der Waals surface area contributed by atoms with Crippen molar-refractivity contribution in [3.63, 3.8) is 0 Å². The van der Waals surface area contributed by atoms with Crippen LogP contribution in [0.2, 0.25) is 5.02 Å². The van der Waals surface area contributed by atoms with Crippen LogP contribution in [0.1, 0.15) is 36.0 Å². The molecule has 0 bridgehead atoms. The molecule has 1 aliphatic heterocycles. The van der Waals surface area contributed by atoms with Gasteiger partial charge in [0.05, 0.1) is 16.1 Å². The van der Waals surface area contributed by atoms with Gasteiger partial charge >= 0.3 is 6.18 Å². The zero-order valence-corrected chi connectivity index (χ0v) is 25.7. The van der Waals surface area contributed by atoms with Gasteiger partial charge < -0.3 is 24.8 Å². The molecule has 6 rings (SSSR count). The van der Waals surface area contributed by atoms with Crippen LogP contribution < -0.4 is 15.4 Å². The molecular weight excluding hydrogens is 620 g/mol. The van der Waals surface area contributed by atoms with E-state index in [1.165, 1.54) is 42.1 Å². The topological polar surface area (TPSA) is 67.2 Å². The van der Waals surface area contributed by atoms with Crippen LogP contribution in [-0.4, -0.2) is 45.6 Å². The van der Waals surface area contributed by atoms with E-state index in [1.807, 2.05) is 0 Å².